The molecule has 0 bridgehead atoms. The number of fused-ring (bicyclic) bond motifs is 1. The van der Waals surface area contributed by atoms with Crippen molar-refractivity contribution >= 4 is 26.6 Å². The van der Waals surface area contributed by atoms with Crippen LogP contribution in [0.15, 0.2) is 65.7 Å². The van der Waals surface area contributed by atoms with Crippen LogP contribution in [0.5, 0.6) is 0 Å². The second-order valence-electron chi connectivity index (χ2n) is 5.80. The quantitative estimate of drug-likeness (QED) is 0.722. The van der Waals surface area contributed by atoms with Gasteiger partial charge in [0, 0.05) is 24.5 Å². The van der Waals surface area contributed by atoms with Gasteiger partial charge in [-0.25, -0.2) is 12.8 Å². The third-order valence-corrected chi connectivity index (χ3v) is 5.67. The molecule has 0 saturated carbocycles. The van der Waals surface area contributed by atoms with E-state index in [2.05, 4.69) is 10.3 Å². The maximum absolute atomic E-state index is 12.9. The minimum absolute atomic E-state index is 0.127. The monoisotopic (exact) mass is 372 g/mol. The zero-order chi connectivity index (χ0) is 18.6. The van der Waals surface area contributed by atoms with E-state index in [0.29, 0.717) is 5.52 Å². The van der Waals surface area contributed by atoms with Crippen LogP contribution in [0, 0.1) is 5.82 Å². The van der Waals surface area contributed by atoms with Gasteiger partial charge in [-0.1, -0.05) is 30.3 Å². The van der Waals surface area contributed by atoms with Gasteiger partial charge in [0.2, 0.25) is 5.91 Å². The number of aromatic nitrogens is 1. The molecule has 0 saturated heterocycles. The van der Waals surface area contributed by atoms with E-state index in [1.807, 2.05) is 0 Å². The summed E-state index contributed by atoms with van der Waals surface area (Å²) in [6.07, 6.45) is 1.38. The van der Waals surface area contributed by atoms with E-state index in [1.165, 1.54) is 24.4 Å². The van der Waals surface area contributed by atoms with Crippen molar-refractivity contribution in [1.82, 2.24) is 10.3 Å². The molecule has 0 aliphatic carbocycles. The molecule has 1 amide bonds. The topological polar surface area (TPSA) is 76.1 Å². The van der Waals surface area contributed by atoms with Gasteiger partial charge in [0.15, 0.2) is 9.84 Å². The fourth-order valence-corrected chi connectivity index (χ4v) is 3.98. The third-order valence-electron chi connectivity index (χ3n) is 3.93. The average Bonchev–Trinajstić information content (AvgIpc) is 2.65. The van der Waals surface area contributed by atoms with Crippen molar-refractivity contribution in [2.45, 2.75) is 17.9 Å². The maximum atomic E-state index is 12.9. The Morgan fingerprint density at radius 2 is 1.77 bits per heavy atom. The maximum Gasteiger partial charge on any atom is 0.221 e. The van der Waals surface area contributed by atoms with Crippen LogP contribution >= 0.6 is 0 Å². The van der Waals surface area contributed by atoms with Crippen LogP contribution in [-0.4, -0.2) is 25.1 Å². The second-order valence-corrected chi connectivity index (χ2v) is 7.88. The van der Waals surface area contributed by atoms with Gasteiger partial charge in [-0.15, -0.1) is 0 Å². The van der Waals surface area contributed by atoms with Crippen molar-refractivity contribution < 1.29 is 17.6 Å². The Labute approximate surface area is 150 Å². The molecule has 1 N–H and O–H groups in total. The van der Waals surface area contributed by atoms with Crippen LogP contribution in [-0.2, 0) is 21.2 Å². The molecule has 3 rings (SSSR count). The Hall–Kier alpha value is -2.80. The molecule has 5 nitrogen and oxygen atoms in total. The molecule has 0 atom stereocenters. The number of hydrogen-bond acceptors (Lipinski definition) is 4. The van der Waals surface area contributed by atoms with E-state index in [9.17, 15) is 17.6 Å². The first kappa shape index (κ1) is 18.0. The van der Waals surface area contributed by atoms with E-state index in [1.54, 1.807) is 36.4 Å². The molecule has 0 aliphatic heterocycles. The first-order chi connectivity index (χ1) is 12.5. The number of para-hydroxylation sites is 1. The second kappa shape index (κ2) is 7.61. The standard InChI is InChI=1S/C19H17FN2O3S/c20-16-8-6-14(7-9-16)13-22-18(23)10-12-26(24,25)17-5-1-3-15-4-2-11-21-19(15)17/h1-9,11H,10,12-13H2,(H,22,23). The summed E-state index contributed by atoms with van der Waals surface area (Å²) in [4.78, 5) is 16.2. The summed E-state index contributed by atoms with van der Waals surface area (Å²) in [7, 11) is -3.64. The van der Waals surface area contributed by atoms with E-state index >= 15 is 0 Å². The Morgan fingerprint density at radius 1 is 1.04 bits per heavy atom. The molecule has 0 spiro atoms. The molecule has 0 aliphatic rings. The first-order valence-corrected chi connectivity index (χ1v) is 9.68. The highest BCUT2D eigenvalue weighted by molar-refractivity contribution is 7.91. The minimum atomic E-state index is -3.64. The Morgan fingerprint density at radius 3 is 2.54 bits per heavy atom. The molecule has 2 aromatic carbocycles. The minimum Gasteiger partial charge on any atom is -0.352 e. The number of pyridine rings is 1. The number of nitrogens with one attached hydrogen (secondary N) is 1. The summed E-state index contributed by atoms with van der Waals surface area (Å²) in [5, 5.41) is 3.37. The lowest BCUT2D eigenvalue weighted by molar-refractivity contribution is -0.120. The van der Waals surface area contributed by atoms with Crippen LogP contribution in [0.2, 0.25) is 0 Å². The fraction of sp³-hybridized carbons (Fsp3) is 0.158. The van der Waals surface area contributed by atoms with Crippen molar-refractivity contribution in [3.8, 4) is 0 Å². The third kappa shape index (κ3) is 4.23. The molecule has 7 heteroatoms. The number of hydrogen-bond donors (Lipinski definition) is 1. The average molecular weight is 372 g/mol. The van der Waals surface area contributed by atoms with Gasteiger partial charge in [-0.3, -0.25) is 9.78 Å². The van der Waals surface area contributed by atoms with Gasteiger partial charge in [-0.05, 0) is 29.8 Å². The van der Waals surface area contributed by atoms with Gasteiger partial charge < -0.3 is 5.32 Å². The summed E-state index contributed by atoms with van der Waals surface area (Å²) < 4.78 is 38.1. The number of amides is 1. The number of carbonyl (C=O) groups excluding carboxylic acids is 1. The van der Waals surface area contributed by atoms with Gasteiger partial charge in [0.1, 0.15) is 5.82 Å². The highest BCUT2D eigenvalue weighted by Crippen LogP contribution is 2.22. The van der Waals surface area contributed by atoms with E-state index in [0.717, 1.165) is 10.9 Å². The molecule has 0 fully saturated rings. The number of nitrogens with zero attached hydrogens (tertiary/aromatic N) is 1. The van der Waals surface area contributed by atoms with Crippen LogP contribution in [0.3, 0.4) is 0 Å². The molecule has 3 aromatic rings. The lowest BCUT2D eigenvalue weighted by atomic mass is 10.2. The number of benzene rings is 2. The fourth-order valence-electron chi connectivity index (χ4n) is 2.56. The number of rotatable bonds is 6. The Kier molecular flexibility index (Phi) is 5.27. The molecule has 1 aromatic heterocycles. The van der Waals surface area contributed by atoms with Crippen molar-refractivity contribution in [3.05, 3.63) is 72.2 Å². The largest absolute Gasteiger partial charge is 0.352 e. The lowest BCUT2D eigenvalue weighted by Gasteiger charge is -2.08. The van der Waals surface area contributed by atoms with Gasteiger partial charge >= 0.3 is 0 Å². The highest BCUT2D eigenvalue weighted by Gasteiger charge is 2.19. The van der Waals surface area contributed by atoms with Crippen molar-refractivity contribution in [2.75, 3.05) is 5.75 Å². The summed E-state index contributed by atoms with van der Waals surface area (Å²) in [6.45, 7) is 0.217. The first-order valence-electron chi connectivity index (χ1n) is 8.03. The van der Waals surface area contributed by atoms with E-state index in [4.69, 9.17) is 0 Å². The Balaban J connectivity index is 1.64. The molecule has 1 heterocycles. The molecule has 134 valence electrons. The summed E-state index contributed by atoms with van der Waals surface area (Å²) >= 11 is 0. The molecular weight excluding hydrogens is 355 g/mol. The Bertz CT molecular complexity index is 1030. The van der Waals surface area contributed by atoms with Gasteiger partial charge in [0.25, 0.3) is 0 Å². The van der Waals surface area contributed by atoms with E-state index < -0.39 is 9.84 Å². The highest BCUT2D eigenvalue weighted by atomic mass is 32.2. The predicted molar refractivity (Wildman–Crippen MR) is 96.7 cm³/mol. The molecule has 0 radical (unpaired) electrons. The predicted octanol–water partition coefficient (Wildman–Crippen LogP) is 2.85. The zero-order valence-electron chi connectivity index (χ0n) is 13.9. The normalized spacial score (nSPS) is 11.4. The summed E-state index contributed by atoms with van der Waals surface area (Å²) in [5.41, 5.74) is 1.14. The van der Waals surface area contributed by atoms with E-state index in [-0.39, 0.29) is 35.3 Å². The smallest absolute Gasteiger partial charge is 0.221 e. The van der Waals surface area contributed by atoms with Gasteiger partial charge in [0.05, 0.1) is 16.2 Å². The number of carbonyl (C=O) groups is 1. The van der Waals surface area contributed by atoms with Crippen LogP contribution in [0.1, 0.15) is 12.0 Å². The van der Waals surface area contributed by atoms with Crippen LogP contribution < -0.4 is 5.32 Å². The van der Waals surface area contributed by atoms with Crippen LogP contribution in [0.4, 0.5) is 4.39 Å². The molecule has 0 unspecified atom stereocenters. The lowest BCUT2D eigenvalue weighted by Crippen LogP contribution is -2.25. The van der Waals surface area contributed by atoms with Gasteiger partial charge in [-0.2, -0.15) is 0 Å². The molecular formula is C19H17FN2O3S. The van der Waals surface area contributed by atoms with Crippen molar-refractivity contribution in [3.63, 3.8) is 0 Å². The number of sulfone groups is 1. The summed E-state index contributed by atoms with van der Waals surface area (Å²) in [5.74, 6) is -1.04. The van der Waals surface area contributed by atoms with Crippen molar-refractivity contribution in [2.24, 2.45) is 0 Å². The zero-order valence-corrected chi connectivity index (χ0v) is 14.7. The summed E-state index contributed by atoms with van der Waals surface area (Å²) in [6, 6.07) is 14.2. The SMILES string of the molecule is O=C(CCS(=O)(=O)c1cccc2cccnc12)NCc1ccc(F)cc1. The number of halogens is 1. The molecule has 26 heavy (non-hydrogen) atoms. The van der Waals surface area contributed by atoms with Crippen LogP contribution in [0.25, 0.3) is 10.9 Å². The van der Waals surface area contributed by atoms with Crippen molar-refractivity contribution in [1.29, 1.82) is 0 Å².